The molecule has 7 nitrogen and oxygen atoms in total. The summed E-state index contributed by atoms with van der Waals surface area (Å²) in [6.07, 6.45) is -0.553. The van der Waals surface area contributed by atoms with Crippen molar-refractivity contribution in [3.63, 3.8) is 0 Å². The predicted molar refractivity (Wildman–Crippen MR) is 83.1 cm³/mol. The zero-order valence-corrected chi connectivity index (χ0v) is 13.4. The van der Waals surface area contributed by atoms with Gasteiger partial charge in [-0.2, -0.15) is 0 Å². The van der Waals surface area contributed by atoms with Crippen LogP contribution in [0.5, 0.6) is 0 Å². The van der Waals surface area contributed by atoms with Crippen LogP contribution in [0.3, 0.4) is 0 Å². The van der Waals surface area contributed by atoms with Gasteiger partial charge >= 0.3 is 12.1 Å². The van der Waals surface area contributed by atoms with Gasteiger partial charge in [-0.25, -0.2) is 9.59 Å². The minimum absolute atomic E-state index is 0.0769. The van der Waals surface area contributed by atoms with E-state index in [1.807, 2.05) is 0 Å². The molecule has 122 valence electrons. The number of methoxy groups -OCH3 is 1. The summed E-state index contributed by atoms with van der Waals surface area (Å²) < 4.78 is 14.9. The van der Waals surface area contributed by atoms with Crippen molar-refractivity contribution in [3.8, 4) is 11.3 Å². The van der Waals surface area contributed by atoms with Crippen molar-refractivity contribution >= 4 is 17.7 Å². The lowest BCUT2D eigenvalue weighted by Gasteiger charge is -2.19. The number of hydrogen-bond acceptors (Lipinski definition) is 6. The quantitative estimate of drug-likeness (QED) is 0.871. The third-order valence-electron chi connectivity index (χ3n) is 2.70. The molecule has 2 rings (SSSR count). The molecule has 1 aromatic carbocycles. The van der Waals surface area contributed by atoms with Gasteiger partial charge in [0.05, 0.1) is 7.11 Å². The van der Waals surface area contributed by atoms with E-state index < -0.39 is 17.7 Å². The van der Waals surface area contributed by atoms with Crippen LogP contribution in [-0.2, 0) is 9.47 Å². The van der Waals surface area contributed by atoms with E-state index in [0.29, 0.717) is 17.0 Å². The Morgan fingerprint density at radius 1 is 1.22 bits per heavy atom. The average molecular weight is 318 g/mol. The van der Waals surface area contributed by atoms with E-state index in [-0.39, 0.29) is 5.69 Å². The van der Waals surface area contributed by atoms with E-state index in [9.17, 15) is 9.59 Å². The first-order valence-electron chi connectivity index (χ1n) is 6.94. The number of benzene rings is 1. The molecular formula is C16H18N2O5. The number of aromatic nitrogens is 1. The highest BCUT2D eigenvalue weighted by atomic mass is 16.6. The second kappa shape index (κ2) is 6.51. The van der Waals surface area contributed by atoms with Crippen molar-refractivity contribution in [2.24, 2.45) is 0 Å². The van der Waals surface area contributed by atoms with Gasteiger partial charge in [-0.15, -0.1) is 0 Å². The zero-order valence-electron chi connectivity index (χ0n) is 13.4. The maximum absolute atomic E-state index is 11.8. The normalized spacial score (nSPS) is 11.0. The van der Waals surface area contributed by atoms with Crippen LogP contribution in [0.15, 0.2) is 34.9 Å². The van der Waals surface area contributed by atoms with Crippen molar-refractivity contribution < 1.29 is 23.6 Å². The van der Waals surface area contributed by atoms with Crippen LogP contribution < -0.4 is 5.32 Å². The lowest BCUT2D eigenvalue weighted by molar-refractivity contribution is 0.0587. The summed E-state index contributed by atoms with van der Waals surface area (Å²) in [6.45, 7) is 5.35. The maximum atomic E-state index is 11.8. The van der Waals surface area contributed by atoms with Gasteiger partial charge in [0.1, 0.15) is 5.60 Å². The number of anilines is 1. The molecule has 1 amide bonds. The molecule has 0 spiro atoms. The van der Waals surface area contributed by atoms with E-state index >= 15 is 0 Å². The first kappa shape index (κ1) is 16.5. The summed E-state index contributed by atoms with van der Waals surface area (Å²) in [5.41, 5.74) is 0.684. The molecule has 23 heavy (non-hydrogen) atoms. The van der Waals surface area contributed by atoms with Crippen LogP contribution >= 0.6 is 0 Å². The molecule has 0 saturated heterocycles. The number of carbonyl (C=O) groups excluding carboxylic acids is 2. The van der Waals surface area contributed by atoms with Crippen LogP contribution in [0.2, 0.25) is 0 Å². The molecule has 1 aromatic heterocycles. The molecule has 0 aliphatic carbocycles. The Bertz CT molecular complexity index is 715. The summed E-state index contributed by atoms with van der Waals surface area (Å²) in [5.74, 6) is -0.193. The van der Waals surface area contributed by atoms with Gasteiger partial charge in [0, 0.05) is 17.3 Å². The fourth-order valence-electron chi connectivity index (χ4n) is 1.78. The predicted octanol–water partition coefficient (Wildman–Crippen LogP) is 3.48. The molecular weight excluding hydrogens is 300 g/mol. The minimum Gasteiger partial charge on any atom is -0.464 e. The highest BCUT2D eigenvalue weighted by molar-refractivity contribution is 5.89. The van der Waals surface area contributed by atoms with Crippen molar-refractivity contribution in [2.75, 3.05) is 12.4 Å². The zero-order chi connectivity index (χ0) is 17.0. The van der Waals surface area contributed by atoms with Crippen molar-refractivity contribution in [1.82, 2.24) is 5.16 Å². The summed E-state index contributed by atoms with van der Waals surface area (Å²) in [6, 6.07) is 8.37. The number of esters is 1. The van der Waals surface area contributed by atoms with Crippen LogP contribution in [0.4, 0.5) is 10.5 Å². The molecule has 1 N–H and O–H groups in total. The topological polar surface area (TPSA) is 90.7 Å². The molecule has 0 atom stereocenters. The fraction of sp³-hybridized carbons (Fsp3) is 0.312. The average Bonchev–Trinajstić information content (AvgIpc) is 2.94. The molecule has 1 heterocycles. The lowest BCUT2D eigenvalue weighted by atomic mass is 10.1. The number of amides is 1. The Morgan fingerprint density at radius 2 is 1.96 bits per heavy atom. The molecule has 0 aliphatic heterocycles. The minimum atomic E-state index is -0.581. The van der Waals surface area contributed by atoms with Gasteiger partial charge in [-0.05, 0) is 32.9 Å². The Hall–Kier alpha value is -2.83. The number of carbonyl (C=O) groups is 2. The Morgan fingerprint density at radius 3 is 2.61 bits per heavy atom. The number of nitrogens with zero attached hydrogens (tertiary/aromatic N) is 1. The van der Waals surface area contributed by atoms with Crippen LogP contribution in [-0.4, -0.2) is 29.9 Å². The van der Waals surface area contributed by atoms with Crippen molar-refractivity contribution in [2.45, 2.75) is 26.4 Å². The van der Waals surface area contributed by atoms with Crippen LogP contribution in [0, 0.1) is 0 Å². The molecule has 0 unspecified atom stereocenters. The number of ether oxygens (including phenoxy) is 2. The maximum Gasteiger partial charge on any atom is 0.412 e. The smallest absolute Gasteiger partial charge is 0.412 e. The van der Waals surface area contributed by atoms with Crippen LogP contribution in [0.25, 0.3) is 11.3 Å². The molecule has 0 fully saturated rings. The lowest BCUT2D eigenvalue weighted by Crippen LogP contribution is -2.27. The van der Waals surface area contributed by atoms with E-state index in [2.05, 4.69) is 15.2 Å². The second-order valence-electron chi connectivity index (χ2n) is 5.78. The molecule has 0 saturated carbocycles. The van der Waals surface area contributed by atoms with Gasteiger partial charge in [-0.1, -0.05) is 17.3 Å². The van der Waals surface area contributed by atoms with Gasteiger partial charge in [0.25, 0.3) is 0 Å². The summed E-state index contributed by atoms with van der Waals surface area (Å²) in [7, 11) is 1.27. The fourth-order valence-corrected chi connectivity index (χ4v) is 1.78. The molecule has 0 aliphatic rings. The molecule has 7 heteroatoms. The first-order valence-corrected chi connectivity index (χ1v) is 6.94. The summed E-state index contributed by atoms with van der Waals surface area (Å²) in [4.78, 5) is 23.2. The van der Waals surface area contributed by atoms with Gasteiger partial charge in [-0.3, -0.25) is 5.32 Å². The number of nitrogens with one attached hydrogen (secondary N) is 1. The van der Waals surface area contributed by atoms with Gasteiger partial charge < -0.3 is 14.0 Å². The van der Waals surface area contributed by atoms with E-state index in [0.717, 1.165) is 0 Å². The van der Waals surface area contributed by atoms with Crippen molar-refractivity contribution in [3.05, 3.63) is 36.0 Å². The highest BCUT2D eigenvalue weighted by Crippen LogP contribution is 2.24. The van der Waals surface area contributed by atoms with E-state index in [4.69, 9.17) is 9.26 Å². The standard InChI is InChI=1S/C16H18N2O5/c1-16(2,3)22-15(20)17-11-7-5-6-10(8-11)13-9-12(18-23-13)14(19)21-4/h5-9H,1-4H3,(H,17,20). The molecule has 0 radical (unpaired) electrons. The summed E-state index contributed by atoms with van der Waals surface area (Å²) in [5, 5.41) is 6.28. The Balaban J connectivity index is 2.15. The van der Waals surface area contributed by atoms with E-state index in [1.165, 1.54) is 13.2 Å². The third-order valence-corrected chi connectivity index (χ3v) is 2.70. The van der Waals surface area contributed by atoms with Gasteiger partial charge in [0.15, 0.2) is 11.5 Å². The van der Waals surface area contributed by atoms with Crippen molar-refractivity contribution in [1.29, 1.82) is 0 Å². The first-order chi connectivity index (χ1) is 10.8. The van der Waals surface area contributed by atoms with E-state index in [1.54, 1.807) is 45.0 Å². The monoisotopic (exact) mass is 318 g/mol. The largest absolute Gasteiger partial charge is 0.464 e. The second-order valence-corrected chi connectivity index (χ2v) is 5.78. The highest BCUT2D eigenvalue weighted by Gasteiger charge is 2.17. The third kappa shape index (κ3) is 4.57. The summed E-state index contributed by atoms with van der Waals surface area (Å²) >= 11 is 0. The number of rotatable bonds is 3. The Labute approximate surface area is 133 Å². The number of hydrogen-bond donors (Lipinski definition) is 1. The SMILES string of the molecule is COC(=O)c1cc(-c2cccc(NC(=O)OC(C)(C)C)c2)on1. The molecule has 0 bridgehead atoms. The molecule has 2 aromatic rings. The Kier molecular flexibility index (Phi) is 4.68. The van der Waals surface area contributed by atoms with Gasteiger partial charge in [0.2, 0.25) is 0 Å². The van der Waals surface area contributed by atoms with Crippen LogP contribution in [0.1, 0.15) is 31.3 Å².